The predicted octanol–water partition coefficient (Wildman–Crippen LogP) is 1.89. The average molecular weight is 251 g/mol. The fourth-order valence-corrected chi connectivity index (χ4v) is 2.30. The van der Waals surface area contributed by atoms with Crippen molar-refractivity contribution in [1.82, 2.24) is 9.97 Å². The number of hydrogen-bond donors (Lipinski definition) is 3. The van der Waals surface area contributed by atoms with E-state index in [1.54, 1.807) is 23.9 Å². The molecule has 0 bridgehead atoms. The Morgan fingerprint density at radius 3 is 3.00 bits per heavy atom. The molecule has 0 spiro atoms. The lowest BCUT2D eigenvalue weighted by Crippen LogP contribution is -2.31. The van der Waals surface area contributed by atoms with Gasteiger partial charge in [0.15, 0.2) is 0 Å². The highest BCUT2D eigenvalue weighted by Gasteiger charge is 2.19. The number of aliphatic carboxylic acids is 1. The number of carboxylic acids is 1. The number of aryl methyl sites for hydroxylation is 1. The van der Waals surface area contributed by atoms with Gasteiger partial charge in [-0.2, -0.15) is 0 Å². The van der Waals surface area contributed by atoms with Crippen molar-refractivity contribution in [2.75, 3.05) is 5.32 Å². The van der Waals surface area contributed by atoms with Gasteiger partial charge in [0.2, 0.25) is 0 Å². The number of imidazole rings is 1. The van der Waals surface area contributed by atoms with Crippen molar-refractivity contribution < 1.29 is 9.90 Å². The number of aromatic nitrogens is 2. The van der Waals surface area contributed by atoms with E-state index in [0.29, 0.717) is 6.42 Å². The molecule has 6 heteroatoms. The van der Waals surface area contributed by atoms with E-state index in [2.05, 4.69) is 15.3 Å². The third kappa shape index (κ3) is 2.85. The smallest absolute Gasteiger partial charge is 0.326 e. The van der Waals surface area contributed by atoms with Crippen LogP contribution in [0.15, 0.2) is 23.3 Å². The summed E-state index contributed by atoms with van der Waals surface area (Å²) in [6.07, 6.45) is 3.61. The van der Waals surface area contributed by atoms with Crippen LogP contribution in [-0.2, 0) is 11.2 Å². The van der Waals surface area contributed by atoms with Crippen LogP contribution in [0.2, 0.25) is 0 Å². The Balaban J connectivity index is 2.08. The summed E-state index contributed by atoms with van der Waals surface area (Å²) in [6, 6.07) is -0.661. The van der Waals surface area contributed by atoms with Crippen LogP contribution in [0.3, 0.4) is 0 Å². The van der Waals surface area contributed by atoms with Crippen molar-refractivity contribution in [3.05, 3.63) is 34.5 Å². The summed E-state index contributed by atoms with van der Waals surface area (Å²) in [7, 11) is 0. The standard InChI is InChI=1S/C11H13N3O2S/c1-7-4-17-5-10(7)14-9(11(15)16)2-8-3-12-6-13-8/h3-6,9,14H,2H2,1H3,(H,12,13)(H,15,16)/t9-/m0/s1. The molecule has 1 atom stereocenters. The second-order valence-electron chi connectivity index (χ2n) is 3.77. The Hall–Kier alpha value is -1.82. The molecule has 0 aliphatic heterocycles. The number of thiophene rings is 1. The molecule has 0 aromatic carbocycles. The van der Waals surface area contributed by atoms with E-state index in [-0.39, 0.29) is 0 Å². The van der Waals surface area contributed by atoms with E-state index in [1.165, 1.54) is 0 Å². The van der Waals surface area contributed by atoms with Crippen molar-refractivity contribution >= 4 is 23.0 Å². The van der Waals surface area contributed by atoms with Gasteiger partial charge in [0.1, 0.15) is 6.04 Å². The Morgan fingerprint density at radius 2 is 2.47 bits per heavy atom. The first-order valence-electron chi connectivity index (χ1n) is 5.16. The molecule has 2 aromatic rings. The molecule has 17 heavy (non-hydrogen) atoms. The maximum atomic E-state index is 11.2. The molecule has 0 aliphatic rings. The second-order valence-corrected chi connectivity index (χ2v) is 4.51. The summed E-state index contributed by atoms with van der Waals surface area (Å²) in [5.41, 5.74) is 2.67. The lowest BCUT2D eigenvalue weighted by Gasteiger charge is -2.14. The summed E-state index contributed by atoms with van der Waals surface area (Å²) in [5.74, 6) is -0.876. The van der Waals surface area contributed by atoms with E-state index in [1.807, 2.05) is 17.7 Å². The van der Waals surface area contributed by atoms with Crippen molar-refractivity contribution in [3.63, 3.8) is 0 Å². The summed E-state index contributed by atoms with van der Waals surface area (Å²) in [4.78, 5) is 18.0. The van der Waals surface area contributed by atoms with Crippen molar-refractivity contribution in [2.24, 2.45) is 0 Å². The monoisotopic (exact) mass is 251 g/mol. The lowest BCUT2D eigenvalue weighted by molar-refractivity contribution is -0.137. The number of nitrogens with zero attached hydrogens (tertiary/aromatic N) is 1. The van der Waals surface area contributed by atoms with Crippen molar-refractivity contribution in [1.29, 1.82) is 0 Å². The number of anilines is 1. The van der Waals surface area contributed by atoms with E-state index < -0.39 is 12.0 Å². The summed E-state index contributed by atoms with van der Waals surface area (Å²) < 4.78 is 0. The largest absolute Gasteiger partial charge is 0.480 e. The molecule has 2 heterocycles. The summed E-state index contributed by atoms with van der Waals surface area (Å²) in [6.45, 7) is 1.95. The van der Waals surface area contributed by atoms with Gasteiger partial charge in [0.05, 0.1) is 12.0 Å². The molecule has 2 aromatic heterocycles. The van der Waals surface area contributed by atoms with E-state index in [9.17, 15) is 4.79 Å². The first kappa shape index (κ1) is 11.7. The molecule has 0 radical (unpaired) electrons. The van der Waals surface area contributed by atoms with E-state index >= 15 is 0 Å². The predicted molar refractivity (Wildman–Crippen MR) is 66.4 cm³/mol. The Labute approximate surface area is 103 Å². The van der Waals surface area contributed by atoms with Gasteiger partial charge in [-0.3, -0.25) is 0 Å². The zero-order chi connectivity index (χ0) is 12.3. The summed E-state index contributed by atoms with van der Waals surface area (Å²) in [5, 5.41) is 16.1. The molecule has 0 amide bonds. The molecule has 0 unspecified atom stereocenters. The Bertz CT molecular complexity index is 493. The number of aromatic amines is 1. The van der Waals surface area contributed by atoms with Gasteiger partial charge in [0.25, 0.3) is 0 Å². The van der Waals surface area contributed by atoms with Gasteiger partial charge in [-0.1, -0.05) is 0 Å². The highest BCUT2D eigenvalue weighted by atomic mass is 32.1. The van der Waals surface area contributed by atoms with Crippen LogP contribution >= 0.6 is 11.3 Å². The average Bonchev–Trinajstić information content (AvgIpc) is 2.90. The van der Waals surface area contributed by atoms with Crippen LogP contribution in [0.1, 0.15) is 11.3 Å². The maximum Gasteiger partial charge on any atom is 0.326 e. The van der Waals surface area contributed by atoms with Gasteiger partial charge >= 0.3 is 5.97 Å². The molecule has 2 rings (SSSR count). The number of carboxylic acid groups (broad SMARTS) is 1. The molecule has 0 fully saturated rings. The van der Waals surface area contributed by atoms with E-state index in [0.717, 1.165) is 16.9 Å². The molecule has 0 aliphatic carbocycles. The van der Waals surface area contributed by atoms with Crippen LogP contribution in [-0.4, -0.2) is 27.1 Å². The van der Waals surface area contributed by atoms with E-state index in [4.69, 9.17) is 5.11 Å². The minimum atomic E-state index is -0.876. The normalized spacial score (nSPS) is 12.3. The first-order chi connectivity index (χ1) is 8.16. The fourth-order valence-electron chi connectivity index (χ4n) is 1.51. The third-order valence-corrected chi connectivity index (χ3v) is 3.31. The maximum absolute atomic E-state index is 11.2. The molecular weight excluding hydrogens is 238 g/mol. The molecule has 0 saturated carbocycles. The number of H-pyrrole nitrogens is 1. The molecule has 0 saturated heterocycles. The highest BCUT2D eigenvalue weighted by Crippen LogP contribution is 2.20. The van der Waals surface area contributed by atoms with Gasteiger partial charge < -0.3 is 15.4 Å². The number of rotatable bonds is 5. The van der Waals surface area contributed by atoms with Gasteiger partial charge in [0, 0.05) is 23.7 Å². The minimum absolute atomic E-state index is 0.355. The zero-order valence-electron chi connectivity index (χ0n) is 9.30. The second kappa shape index (κ2) is 5.01. The minimum Gasteiger partial charge on any atom is -0.480 e. The van der Waals surface area contributed by atoms with Crippen molar-refractivity contribution in [3.8, 4) is 0 Å². The van der Waals surface area contributed by atoms with Crippen molar-refractivity contribution in [2.45, 2.75) is 19.4 Å². The lowest BCUT2D eigenvalue weighted by atomic mass is 10.1. The van der Waals surface area contributed by atoms with Crippen LogP contribution in [0, 0.1) is 6.92 Å². The number of nitrogens with one attached hydrogen (secondary N) is 2. The van der Waals surface area contributed by atoms with Crippen LogP contribution in [0.5, 0.6) is 0 Å². The third-order valence-electron chi connectivity index (χ3n) is 2.45. The Morgan fingerprint density at radius 1 is 1.65 bits per heavy atom. The fraction of sp³-hybridized carbons (Fsp3) is 0.273. The van der Waals surface area contributed by atoms with Crippen LogP contribution < -0.4 is 5.32 Å². The van der Waals surface area contributed by atoms with Gasteiger partial charge in [-0.15, -0.1) is 11.3 Å². The first-order valence-corrected chi connectivity index (χ1v) is 6.11. The summed E-state index contributed by atoms with van der Waals surface area (Å²) >= 11 is 1.55. The Kier molecular flexibility index (Phi) is 3.43. The quantitative estimate of drug-likeness (QED) is 0.758. The molecular formula is C11H13N3O2S. The molecule has 90 valence electrons. The van der Waals surface area contributed by atoms with Gasteiger partial charge in [-0.25, -0.2) is 9.78 Å². The van der Waals surface area contributed by atoms with Crippen LogP contribution in [0.25, 0.3) is 0 Å². The molecule has 3 N–H and O–H groups in total. The topological polar surface area (TPSA) is 78.0 Å². The zero-order valence-corrected chi connectivity index (χ0v) is 10.1. The number of carbonyl (C=O) groups is 1. The van der Waals surface area contributed by atoms with Crippen LogP contribution in [0.4, 0.5) is 5.69 Å². The highest BCUT2D eigenvalue weighted by molar-refractivity contribution is 7.08. The number of hydrogen-bond acceptors (Lipinski definition) is 4. The van der Waals surface area contributed by atoms with Gasteiger partial charge in [-0.05, 0) is 17.9 Å². The molecule has 5 nitrogen and oxygen atoms in total. The SMILES string of the molecule is Cc1cscc1N[C@@H](Cc1c[nH]cn1)C(=O)O.